The Bertz CT molecular complexity index is 529. The molecule has 3 rings (SSSR count). The van der Waals surface area contributed by atoms with Crippen molar-refractivity contribution in [1.82, 2.24) is 9.78 Å². The number of halogens is 1. The monoisotopic (exact) mass is 368 g/mol. The van der Waals surface area contributed by atoms with Gasteiger partial charge in [0.05, 0.1) is 12.3 Å². The molecular weight excluding hydrogens is 351 g/mol. The topological polar surface area (TPSA) is 27.1 Å². The van der Waals surface area contributed by atoms with E-state index < -0.39 is 0 Å². The summed E-state index contributed by atoms with van der Waals surface area (Å²) in [5.41, 5.74) is 2.41. The van der Waals surface area contributed by atoms with Crippen LogP contribution >= 0.6 is 22.6 Å². The Balaban J connectivity index is 1.63. The average molecular weight is 368 g/mol. The first kappa shape index (κ1) is 13.1. The second-order valence-corrected chi connectivity index (χ2v) is 6.17. The third-order valence-electron chi connectivity index (χ3n) is 3.51. The molecule has 1 aliphatic rings. The highest BCUT2D eigenvalue weighted by molar-refractivity contribution is 14.1. The molecule has 0 aliphatic carbocycles. The quantitative estimate of drug-likeness (QED) is 0.770. The Morgan fingerprint density at radius 2 is 2.11 bits per heavy atom. The molecule has 1 fully saturated rings. The maximum absolute atomic E-state index is 5.64. The number of benzene rings is 1. The summed E-state index contributed by atoms with van der Waals surface area (Å²) in [5, 5.41) is 4.44. The minimum Gasteiger partial charge on any atom is -0.378 e. The fourth-order valence-electron chi connectivity index (χ4n) is 2.43. The van der Waals surface area contributed by atoms with Crippen LogP contribution in [-0.4, -0.2) is 22.5 Å². The Morgan fingerprint density at radius 3 is 2.84 bits per heavy atom. The van der Waals surface area contributed by atoms with Crippen LogP contribution in [0.2, 0.25) is 0 Å². The molecule has 0 N–H and O–H groups in total. The summed E-state index contributed by atoms with van der Waals surface area (Å²) in [7, 11) is 0. The smallest absolute Gasteiger partial charge is 0.0593 e. The molecule has 1 aliphatic heterocycles. The summed E-state index contributed by atoms with van der Waals surface area (Å²) in [4.78, 5) is 0. The third kappa shape index (κ3) is 3.36. The molecule has 1 aromatic heterocycles. The largest absolute Gasteiger partial charge is 0.378 e. The lowest BCUT2D eigenvalue weighted by Crippen LogP contribution is -2.10. The maximum Gasteiger partial charge on any atom is 0.0593 e. The van der Waals surface area contributed by atoms with Crippen molar-refractivity contribution in [2.24, 2.45) is 0 Å². The van der Waals surface area contributed by atoms with E-state index in [2.05, 4.69) is 58.2 Å². The normalized spacial score (nSPS) is 18.9. The highest BCUT2D eigenvalue weighted by atomic mass is 127. The lowest BCUT2D eigenvalue weighted by atomic mass is 10.1. The molecule has 100 valence electrons. The van der Waals surface area contributed by atoms with Crippen LogP contribution in [0.25, 0.3) is 11.1 Å². The summed E-state index contributed by atoms with van der Waals surface area (Å²) in [6.45, 7) is 1.87. The fraction of sp³-hybridized carbons (Fsp3) is 0.400. The van der Waals surface area contributed by atoms with E-state index in [-0.39, 0.29) is 0 Å². The van der Waals surface area contributed by atoms with Crippen LogP contribution < -0.4 is 0 Å². The van der Waals surface area contributed by atoms with E-state index in [4.69, 9.17) is 4.74 Å². The van der Waals surface area contributed by atoms with Gasteiger partial charge in [-0.15, -0.1) is 0 Å². The highest BCUT2D eigenvalue weighted by Crippen LogP contribution is 2.21. The minimum atomic E-state index is 0.436. The number of aryl methyl sites for hydroxylation is 1. The maximum atomic E-state index is 5.64. The Morgan fingerprint density at radius 1 is 1.26 bits per heavy atom. The fourth-order valence-corrected chi connectivity index (χ4v) is 2.79. The molecule has 1 atom stereocenters. The van der Waals surface area contributed by atoms with Gasteiger partial charge in [-0.05, 0) is 59.5 Å². The Labute approximate surface area is 127 Å². The van der Waals surface area contributed by atoms with E-state index >= 15 is 0 Å². The van der Waals surface area contributed by atoms with Gasteiger partial charge in [0.2, 0.25) is 0 Å². The van der Waals surface area contributed by atoms with Gasteiger partial charge in [-0.2, -0.15) is 5.10 Å². The molecule has 0 spiro atoms. The van der Waals surface area contributed by atoms with Gasteiger partial charge < -0.3 is 4.74 Å². The van der Waals surface area contributed by atoms with Crippen LogP contribution in [0.15, 0.2) is 36.7 Å². The summed E-state index contributed by atoms with van der Waals surface area (Å²) in [6.07, 6.45) is 7.97. The van der Waals surface area contributed by atoms with Gasteiger partial charge in [0.1, 0.15) is 0 Å². The van der Waals surface area contributed by atoms with Gasteiger partial charge >= 0.3 is 0 Å². The summed E-state index contributed by atoms with van der Waals surface area (Å²) in [6, 6.07) is 8.53. The van der Waals surface area contributed by atoms with Gasteiger partial charge in [-0.25, -0.2) is 0 Å². The zero-order valence-corrected chi connectivity index (χ0v) is 12.9. The van der Waals surface area contributed by atoms with Crippen molar-refractivity contribution < 1.29 is 4.74 Å². The van der Waals surface area contributed by atoms with Crippen molar-refractivity contribution in [3.63, 3.8) is 0 Å². The molecule has 4 heteroatoms. The Hall–Kier alpha value is -0.880. The summed E-state index contributed by atoms with van der Waals surface area (Å²) < 4.78 is 8.92. The molecule has 1 saturated heterocycles. The average Bonchev–Trinajstić information content (AvgIpc) is 3.09. The Kier molecular flexibility index (Phi) is 4.18. The molecule has 0 radical (unpaired) electrons. The molecular formula is C15H17IN2O. The molecule has 0 bridgehead atoms. The van der Waals surface area contributed by atoms with Crippen LogP contribution in [0.4, 0.5) is 0 Å². The van der Waals surface area contributed by atoms with Crippen molar-refractivity contribution >= 4 is 22.6 Å². The van der Waals surface area contributed by atoms with Crippen molar-refractivity contribution in [2.75, 3.05) is 6.61 Å². The predicted molar refractivity (Wildman–Crippen MR) is 84.0 cm³/mol. The van der Waals surface area contributed by atoms with Crippen LogP contribution in [0.1, 0.15) is 19.3 Å². The summed E-state index contributed by atoms with van der Waals surface area (Å²) in [5.74, 6) is 0. The van der Waals surface area contributed by atoms with Crippen molar-refractivity contribution in [3.8, 4) is 11.1 Å². The molecule has 2 heterocycles. The minimum absolute atomic E-state index is 0.436. The zero-order valence-electron chi connectivity index (χ0n) is 10.8. The number of aromatic nitrogens is 2. The second-order valence-electron chi connectivity index (χ2n) is 4.92. The van der Waals surface area contributed by atoms with E-state index in [1.807, 2.05) is 10.9 Å². The van der Waals surface area contributed by atoms with E-state index in [1.165, 1.54) is 27.5 Å². The van der Waals surface area contributed by atoms with Gasteiger partial charge in [0.15, 0.2) is 0 Å². The van der Waals surface area contributed by atoms with Crippen LogP contribution in [0.5, 0.6) is 0 Å². The molecule has 1 unspecified atom stereocenters. The molecule has 0 amide bonds. The first-order chi connectivity index (χ1) is 9.31. The highest BCUT2D eigenvalue weighted by Gasteiger charge is 2.15. The molecule has 3 nitrogen and oxygen atoms in total. The van der Waals surface area contributed by atoms with Gasteiger partial charge in [-0.1, -0.05) is 12.1 Å². The van der Waals surface area contributed by atoms with Crippen molar-refractivity contribution in [2.45, 2.75) is 31.9 Å². The number of ether oxygens (including phenoxy) is 1. The van der Waals surface area contributed by atoms with E-state index in [0.29, 0.717) is 6.10 Å². The van der Waals surface area contributed by atoms with E-state index in [9.17, 15) is 0 Å². The van der Waals surface area contributed by atoms with Crippen LogP contribution in [0, 0.1) is 3.57 Å². The second kappa shape index (κ2) is 6.05. The van der Waals surface area contributed by atoms with Crippen LogP contribution in [0.3, 0.4) is 0 Å². The molecule has 1 aromatic carbocycles. The van der Waals surface area contributed by atoms with E-state index in [0.717, 1.165) is 19.6 Å². The molecule has 19 heavy (non-hydrogen) atoms. The number of rotatable bonds is 4. The van der Waals surface area contributed by atoms with E-state index in [1.54, 1.807) is 0 Å². The van der Waals surface area contributed by atoms with Crippen molar-refractivity contribution in [1.29, 1.82) is 0 Å². The first-order valence-corrected chi connectivity index (χ1v) is 7.79. The van der Waals surface area contributed by atoms with Gasteiger partial charge in [-0.3, -0.25) is 4.68 Å². The molecule has 0 saturated carbocycles. The zero-order chi connectivity index (χ0) is 13.1. The van der Waals surface area contributed by atoms with Crippen molar-refractivity contribution in [3.05, 3.63) is 40.2 Å². The molecule has 2 aromatic rings. The number of hydrogen-bond donors (Lipinski definition) is 0. The van der Waals surface area contributed by atoms with Crippen LogP contribution in [-0.2, 0) is 11.3 Å². The number of nitrogens with zero attached hydrogens (tertiary/aromatic N) is 2. The summed E-state index contributed by atoms with van der Waals surface area (Å²) >= 11 is 2.32. The lowest BCUT2D eigenvalue weighted by Gasteiger charge is -2.08. The SMILES string of the molecule is Ic1ccc(-c2cnn(CCC3CCCO3)c2)cc1. The third-order valence-corrected chi connectivity index (χ3v) is 4.23. The van der Waals surface area contributed by atoms with Gasteiger partial charge in [0, 0.05) is 28.5 Å². The predicted octanol–water partition coefficient (Wildman–Crippen LogP) is 3.72. The first-order valence-electron chi connectivity index (χ1n) is 6.71. The van der Waals surface area contributed by atoms with Gasteiger partial charge in [0.25, 0.3) is 0 Å². The standard InChI is InChI=1S/C15H17IN2O/c16-14-5-3-12(4-6-14)13-10-17-18(11-13)8-7-15-2-1-9-19-15/h3-6,10-11,15H,1-2,7-9H2. The lowest BCUT2D eigenvalue weighted by molar-refractivity contribution is 0.0994. The number of hydrogen-bond acceptors (Lipinski definition) is 2.